The van der Waals surface area contributed by atoms with Gasteiger partial charge in [0.05, 0.1) is 18.3 Å². The molecule has 2 aliphatic rings. The summed E-state index contributed by atoms with van der Waals surface area (Å²) in [6, 6.07) is -0.0220. The van der Waals surface area contributed by atoms with Gasteiger partial charge in [-0.3, -0.25) is 9.59 Å². The normalized spacial score (nSPS) is 19.9. The van der Waals surface area contributed by atoms with Gasteiger partial charge in [-0.05, 0) is 26.2 Å². The van der Waals surface area contributed by atoms with Crippen LogP contribution in [0.2, 0.25) is 0 Å². The van der Waals surface area contributed by atoms with E-state index in [4.69, 9.17) is 4.42 Å². The van der Waals surface area contributed by atoms with Gasteiger partial charge >= 0.3 is 0 Å². The highest BCUT2D eigenvalue weighted by Gasteiger charge is 2.34. The van der Waals surface area contributed by atoms with E-state index in [0.29, 0.717) is 31.7 Å². The predicted octanol–water partition coefficient (Wildman–Crippen LogP) is 1.69. The number of hydrogen-bond acceptors (Lipinski definition) is 6. The smallest absolute Gasteiger partial charge is 0.292 e. The summed E-state index contributed by atoms with van der Waals surface area (Å²) < 4.78 is 7.30. The SMILES string of the molecule is CCC(=O)N1CCCCC1c1nnc2n1CCN(C(=O)c1ocnc1C)C2. The average Bonchev–Trinajstić information content (AvgIpc) is 3.32. The molecule has 2 aromatic rings. The third kappa shape index (κ3) is 3.11. The highest BCUT2D eigenvalue weighted by molar-refractivity contribution is 5.92. The number of oxazole rings is 1. The summed E-state index contributed by atoms with van der Waals surface area (Å²) in [4.78, 5) is 32.6. The van der Waals surface area contributed by atoms with Gasteiger partial charge in [-0.2, -0.15) is 0 Å². The Balaban J connectivity index is 1.56. The molecule has 1 saturated heterocycles. The molecule has 0 spiro atoms. The Hall–Kier alpha value is -2.71. The van der Waals surface area contributed by atoms with E-state index >= 15 is 0 Å². The van der Waals surface area contributed by atoms with E-state index in [1.165, 1.54) is 6.39 Å². The zero-order valence-corrected chi connectivity index (χ0v) is 15.7. The second-order valence-corrected chi connectivity index (χ2v) is 7.07. The summed E-state index contributed by atoms with van der Waals surface area (Å²) in [7, 11) is 0. The van der Waals surface area contributed by atoms with Crippen molar-refractivity contribution in [2.45, 2.75) is 58.7 Å². The molecular weight excluding hydrogens is 348 g/mol. The maximum absolute atomic E-state index is 12.7. The van der Waals surface area contributed by atoms with Crippen molar-refractivity contribution in [3.05, 3.63) is 29.5 Å². The molecule has 2 aromatic heterocycles. The Kier molecular flexibility index (Phi) is 4.67. The fraction of sp³-hybridized carbons (Fsp3) is 0.611. The molecule has 2 amide bonds. The number of amides is 2. The van der Waals surface area contributed by atoms with Gasteiger partial charge in [0.2, 0.25) is 11.7 Å². The lowest BCUT2D eigenvalue weighted by Gasteiger charge is -2.36. The third-order valence-corrected chi connectivity index (χ3v) is 5.43. The molecule has 0 aromatic carbocycles. The van der Waals surface area contributed by atoms with Crippen molar-refractivity contribution in [1.82, 2.24) is 29.5 Å². The first-order chi connectivity index (χ1) is 13.1. The first-order valence-corrected chi connectivity index (χ1v) is 9.51. The van der Waals surface area contributed by atoms with Crippen LogP contribution in [0.25, 0.3) is 0 Å². The number of nitrogens with zero attached hydrogens (tertiary/aromatic N) is 6. The van der Waals surface area contributed by atoms with Crippen LogP contribution in [0.5, 0.6) is 0 Å². The van der Waals surface area contributed by atoms with Crippen LogP contribution in [0.1, 0.15) is 66.5 Å². The second-order valence-electron chi connectivity index (χ2n) is 7.07. The molecule has 0 N–H and O–H groups in total. The van der Waals surface area contributed by atoms with Crippen LogP contribution in [0.3, 0.4) is 0 Å². The van der Waals surface area contributed by atoms with Crippen molar-refractivity contribution < 1.29 is 14.0 Å². The Bertz CT molecular complexity index is 857. The number of carbonyl (C=O) groups excluding carboxylic acids is 2. The molecule has 1 fully saturated rings. The van der Waals surface area contributed by atoms with Gasteiger partial charge in [-0.25, -0.2) is 4.98 Å². The van der Waals surface area contributed by atoms with Crippen LogP contribution in [0.15, 0.2) is 10.8 Å². The third-order valence-electron chi connectivity index (χ3n) is 5.43. The number of piperidine rings is 1. The van der Waals surface area contributed by atoms with E-state index in [2.05, 4.69) is 19.7 Å². The van der Waals surface area contributed by atoms with Gasteiger partial charge in [0.15, 0.2) is 18.0 Å². The topological polar surface area (TPSA) is 97.4 Å². The van der Waals surface area contributed by atoms with Gasteiger partial charge in [-0.15, -0.1) is 10.2 Å². The first kappa shape index (κ1) is 17.7. The quantitative estimate of drug-likeness (QED) is 0.813. The van der Waals surface area contributed by atoms with Gasteiger partial charge in [0.25, 0.3) is 5.91 Å². The second kappa shape index (κ2) is 7.13. The van der Waals surface area contributed by atoms with Crippen molar-refractivity contribution in [2.75, 3.05) is 13.1 Å². The van der Waals surface area contributed by atoms with E-state index in [-0.39, 0.29) is 23.6 Å². The minimum absolute atomic E-state index is 0.0220. The average molecular weight is 372 g/mol. The van der Waals surface area contributed by atoms with Gasteiger partial charge in [-0.1, -0.05) is 6.92 Å². The monoisotopic (exact) mass is 372 g/mol. The summed E-state index contributed by atoms with van der Waals surface area (Å²) in [6.45, 7) is 5.95. The van der Waals surface area contributed by atoms with E-state index in [1.54, 1.807) is 11.8 Å². The Morgan fingerprint density at radius 2 is 2.07 bits per heavy atom. The number of likely N-dealkylation sites (tertiary alicyclic amines) is 1. The maximum atomic E-state index is 12.7. The van der Waals surface area contributed by atoms with Crippen LogP contribution >= 0.6 is 0 Å². The molecule has 9 heteroatoms. The molecule has 4 rings (SSSR count). The standard InChI is InChI=1S/C18H24N6O3/c1-3-15(25)23-7-5-4-6-13(23)17-21-20-14-10-22(8-9-24(14)17)18(26)16-12(2)19-11-27-16/h11,13H,3-10H2,1-2H3. The van der Waals surface area contributed by atoms with E-state index in [1.807, 2.05) is 11.8 Å². The molecule has 0 radical (unpaired) electrons. The van der Waals surface area contributed by atoms with Crippen LogP contribution in [-0.4, -0.2) is 54.5 Å². The molecule has 2 aliphatic heterocycles. The number of aromatic nitrogens is 4. The number of carbonyl (C=O) groups is 2. The van der Waals surface area contributed by atoms with Crippen molar-refractivity contribution in [2.24, 2.45) is 0 Å². The minimum Gasteiger partial charge on any atom is -0.438 e. The minimum atomic E-state index is -0.179. The maximum Gasteiger partial charge on any atom is 0.292 e. The molecule has 0 bridgehead atoms. The van der Waals surface area contributed by atoms with Crippen LogP contribution in [0.4, 0.5) is 0 Å². The van der Waals surface area contributed by atoms with Crippen molar-refractivity contribution in [1.29, 1.82) is 0 Å². The number of hydrogen-bond donors (Lipinski definition) is 0. The van der Waals surface area contributed by atoms with Crippen molar-refractivity contribution >= 4 is 11.8 Å². The predicted molar refractivity (Wildman–Crippen MR) is 94.6 cm³/mol. The highest BCUT2D eigenvalue weighted by atomic mass is 16.3. The number of rotatable bonds is 3. The Labute approximate surface area is 157 Å². The van der Waals surface area contributed by atoms with Gasteiger partial charge in [0, 0.05) is 26.1 Å². The lowest BCUT2D eigenvalue weighted by molar-refractivity contribution is -0.135. The fourth-order valence-corrected chi connectivity index (χ4v) is 3.95. The number of aryl methyl sites for hydroxylation is 1. The summed E-state index contributed by atoms with van der Waals surface area (Å²) in [6.07, 6.45) is 4.80. The van der Waals surface area contributed by atoms with Crippen LogP contribution in [0, 0.1) is 6.92 Å². The summed E-state index contributed by atoms with van der Waals surface area (Å²) in [5.74, 6) is 1.84. The summed E-state index contributed by atoms with van der Waals surface area (Å²) in [5.41, 5.74) is 0.587. The molecule has 0 aliphatic carbocycles. The molecule has 4 heterocycles. The molecule has 144 valence electrons. The summed E-state index contributed by atoms with van der Waals surface area (Å²) in [5, 5.41) is 8.73. The van der Waals surface area contributed by atoms with Gasteiger partial charge in [0.1, 0.15) is 0 Å². The molecule has 1 atom stereocenters. The van der Waals surface area contributed by atoms with Gasteiger partial charge < -0.3 is 18.8 Å². The van der Waals surface area contributed by atoms with Crippen molar-refractivity contribution in [3.8, 4) is 0 Å². The van der Waals surface area contributed by atoms with E-state index in [0.717, 1.165) is 37.5 Å². The zero-order chi connectivity index (χ0) is 19.0. The first-order valence-electron chi connectivity index (χ1n) is 9.51. The zero-order valence-electron chi connectivity index (χ0n) is 15.7. The van der Waals surface area contributed by atoms with E-state index in [9.17, 15) is 9.59 Å². The van der Waals surface area contributed by atoms with E-state index < -0.39 is 0 Å². The van der Waals surface area contributed by atoms with Crippen molar-refractivity contribution in [3.63, 3.8) is 0 Å². The molecule has 9 nitrogen and oxygen atoms in total. The molecular formula is C18H24N6O3. The lowest BCUT2D eigenvalue weighted by Crippen LogP contribution is -2.42. The molecule has 1 unspecified atom stereocenters. The number of fused-ring (bicyclic) bond motifs is 1. The molecule has 27 heavy (non-hydrogen) atoms. The fourth-order valence-electron chi connectivity index (χ4n) is 3.95. The van der Waals surface area contributed by atoms with Crippen LogP contribution < -0.4 is 0 Å². The van der Waals surface area contributed by atoms with Crippen LogP contribution in [-0.2, 0) is 17.9 Å². The Morgan fingerprint density at radius 1 is 1.22 bits per heavy atom. The molecule has 0 saturated carbocycles. The lowest BCUT2D eigenvalue weighted by atomic mass is 10.0. The summed E-state index contributed by atoms with van der Waals surface area (Å²) >= 11 is 0. The highest BCUT2D eigenvalue weighted by Crippen LogP contribution is 2.31. The largest absolute Gasteiger partial charge is 0.438 e. The Morgan fingerprint density at radius 3 is 2.81 bits per heavy atom.